The molecule has 2 N–H and O–H groups in total. The fourth-order valence-electron chi connectivity index (χ4n) is 1.59. The van der Waals surface area contributed by atoms with Crippen molar-refractivity contribution in [3.05, 3.63) is 12.4 Å². The van der Waals surface area contributed by atoms with Gasteiger partial charge in [0.05, 0.1) is 6.20 Å². The van der Waals surface area contributed by atoms with Gasteiger partial charge in [-0.25, -0.2) is 13.1 Å². The summed E-state index contributed by atoms with van der Waals surface area (Å²) in [6.45, 7) is 5.73. The van der Waals surface area contributed by atoms with Gasteiger partial charge in [0.1, 0.15) is 4.90 Å². The van der Waals surface area contributed by atoms with E-state index in [2.05, 4.69) is 9.82 Å². The summed E-state index contributed by atoms with van der Waals surface area (Å²) in [6, 6.07) is -0.326. The Morgan fingerprint density at radius 1 is 1.50 bits per heavy atom. The molecule has 0 aromatic carbocycles. The topological polar surface area (TPSA) is 84.2 Å². The van der Waals surface area contributed by atoms with Crippen LogP contribution in [0, 0.1) is 5.41 Å². The van der Waals surface area contributed by atoms with Crippen molar-refractivity contribution in [1.29, 1.82) is 0 Å². The number of hydrogen-bond donors (Lipinski definition) is 2. The molecule has 7 heteroatoms. The Balaban J connectivity index is 2.93. The van der Waals surface area contributed by atoms with Crippen molar-refractivity contribution in [2.45, 2.75) is 38.1 Å². The van der Waals surface area contributed by atoms with E-state index in [1.54, 1.807) is 7.05 Å². The first kappa shape index (κ1) is 15.1. The Hall–Kier alpha value is -0.920. The van der Waals surface area contributed by atoms with Crippen molar-refractivity contribution in [3.63, 3.8) is 0 Å². The summed E-state index contributed by atoms with van der Waals surface area (Å²) < 4.78 is 28.3. The first-order chi connectivity index (χ1) is 8.16. The van der Waals surface area contributed by atoms with Gasteiger partial charge >= 0.3 is 0 Å². The van der Waals surface area contributed by atoms with E-state index in [1.165, 1.54) is 17.1 Å². The van der Waals surface area contributed by atoms with Gasteiger partial charge in [0.25, 0.3) is 0 Å². The number of hydrogen-bond acceptors (Lipinski definition) is 4. The van der Waals surface area contributed by atoms with Crippen molar-refractivity contribution in [1.82, 2.24) is 14.5 Å². The highest BCUT2D eigenvalue weighted by molar-refractivity contribution is 7.89. The maximum absolute atomic E-state index is 12.1. The minimum Gasteiger partial charge on any atom is -0.396 e. The first-order valence-electron chi connectivity index (χ1n) is 5.78. The molecule has 104 valence electrons. The van der Waals surface area contributed by atoms with Gasteiger partial charge in [-0.05, 0) is 11.8 Å². The molecule has 0 spiro atoms. The SMILES string of the molecule is Cn1cc(S(=O)(=O)NC(CCO)C(C)(C)C)cn1. The predicted molar refractivity (Wildman–Crippen MR) is 68.5 cm³/mol. The molecule has 0 aliphatic carbocycles. The van der Waals surface area contributed by atoms with Crippen LogP contribution in [0.5, 0.6) is 0 Å². The van der Waals surface area contributed by atoms with Gasteiger partial charge in [0, 0.05) is 25.9 Å². The average Bonchev–Trinajstić information content (AvgIpc) is 2.63. The van der Waals surface area contributed by atoms with Crippen LogP contribution < -0.4 is 4.72 Å². The van der Waals surface area contributed by atoms with Crippen molar-refractivity contribution in [2.24, 2.45) is 12.5 Å². The Morgan fingerprint density at radius 3 is 2.50 bits per heavy atom. The van der Waals surface area contributed by atoms with Crippen LogP contribution in [0.15, 0.2) is 17.3 Å². The zero-order valence-electron chi connectivity index (χ0n) is 11.2. The van der Waals surface area contributed by atoms with Gasteiger partial charge in [-0.15, -0.1) is 0 Å². The highest BCUT2D eigenvalue weighted by atomic mass is 32.2. The van der Waals surface area contributed by atoms with E-state index in [9.17, 15) is 8.42 Å². The second-order valence-corrected chi connectivity index (χ2v) is 7.12. The predicted octanol–water partition coefficient (Wildman–Crippen LogP) is 0.495. The average molecular weight is 275 g/mol. The number of aliphatic hydroxyl groups is 1. The summed E-state index contributed by atoms with van der Waals surface area (Å²) in [7, 11) is -1.93. The second-order valence-electron chi connectivity index (χ2n) is 5.40. The Bertz CT molecular complexity index is 488. The third-order valence-electron chi connectivity index (χ3n) is 2.75. The van der Waals surface area contributed by atoms with Gasteiger partial charge in [0.15, 0.2) is 0 Å². The third-order valence-corrected chi connectivity index (χ3v) is 4.18. The van der Waals surface area contributed by atoms with Gasteiger partial charge in [-0.2, -0.15) is 5.10 Å². The van der Waals surface area contributed by atoms with Crippen molar-refractivity contribution in [3.8, 4) is 0 Å². The zero-order chi connectivity index (χ0) is 14.0. The maximum Gasteiger partial charge on any atom is 0.243 e. The molecule has 0 aliphatic heterocycles. The van der Waals surface area contributed by atoms with Crippen LogP contribution in [-0.2, 0) is 17.1 Å². The van der Waals surface area contributed by atoms with Crippen molar-refractivity contribution < 1.29 is 13.5 Å². The molecule has 1 aromatic heterocycles. The molecule has 0 saturated carbocycles. The minimum atomic E-state index is -3.59. The molecule has 1 unspecified atom stereocenters. The van der Waals surface area contributed by atoms with Gasteiger partial charge < -0.3 is 5.11 Å². The smallest absolute Gasteiger partial charge is 0.243 e. The summed E-state index contributed by atoms with van der Waals surface area (Å²) in [5.41, 5.74) is -0.266. The molecule has 6 nitrogen and oxygen atoms in total. The number of aryl methyl sites for hydroxylation is 1. The maximum atomic E-state index is 12.1. The van der Waals surface area contributed by atoms with E-state index in [0.29, 0.717) is 6.42 Å². The van der Waals surface area contributed by atoms with Crippen molar-refractivity contribution >= 4 is 10.0 Å². The fraction of sp³-hybridized carbons (Fsp3) is 0.727. The lowest BCUT2D eigenvalue weighted by molar-refractivity contribution is 0.214. The minimum absolute atomic E-state index is 0.0580. The fourth-order valence-corrected chi connectivity index (χ4v) is 3.05. The number of nitrogens with one attached hydrogen (secondary N) is 1. The van der Waals surface area contributed by atoms with E-state index in [4.69, 9.17) is 5.11 Å². The monoisotopic (exact) mass is 275 g/mol. The molecular weight excluding hydrogens is 254 g/mol. The lowest BCUT2D eigenvalue weighted by Gasteiger charge is -2.30. The quantitative estimate of drug-likeness (QED) is 0.819. The first-order valence-corrected chi connectivity index (χ1v) is 7.27. The van der Waals surface area contributed by atoms with E-state index in [1.807, 2.05) is 20.8 Å². The van der Waals surface area contributed by atoms with E-state index < -0.39 is 10.0 Å². The molecule has 1 aromatic rings. The molecular formula is C11H21N3O3S. The van der Waals surface area contributed by atoms with Crippen LogP contribution in [0.4, 0.5) is 0 Å². The number of aliphatic hydroxyl groups excluding tert-OH is 1. The number of rotatable bonds is 5. The largest absolute Gasteiger partial charge is 0.396 e. The molecule has 1 atom stereocenters. The summed E-state index contributed by atoms with van der Waals surface area (Å²) in [5.74, 6) is 0. The highest BCUT2D eigenvalue weighted by Gasteiger charge is 2.29. The van der Waals surface area contributed by atoms with Crippen LogP contribution >= 0.6 is 0 Å². The highest BCUT2D eigenvalue weighted by Crippen LogP contribution is 2.23. The zero-order valence-corrected chi connectivity index (χ0v) is 12.0. The van der Waals surface area contributed by atoms with E-state index in [0.717, 1.165) is 0 Å². The van der Waals surface area contributed by atoms with Crippen LogP contribution in [0.1, 0.15) is 27.2 Å². The van der Waals surface area contributed by atoms with Gasteiger partial charge in [-0.3, -0.25) is 4.68 Å². The molecule has 18 heavy (non-hydrogen) atoms. The molecule has 0 amide bonds. The molecule has 0 fully saturated rings. The standard InChI is InChI=1S/C11H21N3O3S/c1-11(2,3)10(5-6-15)13-18(16,17)9-7-12-14(4)8-9/h7-8,10,13,15H,5-6H2,1-4H3. The van der Waals surface area contributed by atoms with E-state index >= 15 is 0 Å². The van der Waals surface area contributed by atoms with Crippen molar-refractivity contribution in [2.75, 3.05) is 6.61 Å². The van der Waals surface area contributed by atoms with Crippen LogP contribution in [0.2, 0.25) is 0 Å². The summed E-state index contributed by atoms with van der Waals surface area (Å²) in [6.07, 6.45) is 3.13. The number of nitrogens with zero attached hydrogens (tertiary/aromatic N) is 2. The Kier molecular flexibility index (Phi) is 4.52. The second kappa shape index (κ2) is 5.38. The lowest BCUT2D eigenvalue weighted by Crippen LogP contribution is -2.44. The normalized spacial score (nSPS) is 14.7. The van der Waals surface area contributed by atoms with Crippen LogP contribution in [0.3, 0.4) is 0 Å². The molecule has 0 bridgehead atoms. The molecule has 0 aliphatic rings. The summed E-state index contributed by atoms with van der Waals surface area (Å²) in [4.78, 5) is 0.136. The third kappa shape index (κ3) is 3.79. The summed E-state index contributed by atoms with van der Waals surface area (Å²) in [5, 5.41) is 12.9. The van der Waals surface area contributed by atoms with E-state index in [-0.39, 0.29) is 23.0 Å². The molecule has 1 rings (SSSR count). The number of aromatic nitrogens is 2. The summed E-state index contributed by atoms with van der Waals surface area (Å²) >= 11 is 0. The molecule has 1 heterocycles. The van der Waals surface area contributed by atoms with Crippen LogP contribution in [-0.4, -0.2) is 36.0 Å². The van der Waals surface area contributed by atoms with Gasteiger partial charge in [-0.1, -0.05) is 20.8 Å². The Morgan fingerprint density at radius 2 is 2.11 bits per heavy atom. The lowest BCUT2D eigenvalue weighted by atomic mass is 9.86. The Labute approximate surface area is 108 Å². The molecule has 0 radical (unpaired) electrons. The van der Waals surface area contributed by atoms with Gasteiger partial charge in [0.2, 0.25) is 10.0 Å². The molecule has 0 saturated heterocycles. The van der Waals surface area contributed by atoms with Crippen LogP contribution in [0.25, 0.3) is 0 Å². The number of sulfonamides is 1.